The van der Waals surface area contributed by atoms with Crippen molar-refractivity contribution in [2.75, 3.05) is 13.1 Å². The molecule has 1 aliphatic heterocycles. The van der Waals surface area contributed by atoms with Gasteiger partial charge in [0, 0.05) is 26.0 Å². The average Bonchev–Trinajstić information content (AvgIpc) is 2.89. The standard InChI is InChI=1S/C17H29N3O3/c1-6-17(22-12-14-18-9-11-19(14)5)8-7-10-20(13-17)15(21)23-16(2,3)4/h9,11H,6-8,10,12-13H2,1-5H3. The summed E-state index contributed by atoms with van der Waals surface area (Å²) in [6, 6.07) is 0. The number of nitrogens with zero attached hydrogens (tertiary/aromatic N) is 3. The van der Waals surface area contributed by atoms with Crippen LogP contribution in [0.4, 0.5) is 4.79 Å². The summed E-state index contributed by atoms with van der Waals surface area (Å²) in [5, 5.41) is 0. The maximum atomic E-state index is 12.3. The fraction of sp³-hybridized carbons (Fsp3) is 0.765. The molecular weight excluding hydrogens is 294 g/mol. The van der Waals surface area contributed by atoms with Crippen molar-refractivity contribution in [1.82, 2.24) is 14.5 Å². The number of likely N-dealkylation sites (tertiary alicyclic amines) is 1. The Morgan fingerprint density at radius 2 is 2.17 bits per heavy atom. The van der Waals surface area contributed by atoms with E-state index in [1.54, 1.807) is 11.1 Å². The number of imidazole rings is 1. The van der Waals surface area contributed by atoms with Crippen molar-refractivity contribution >= 4 is 6.09 Å². The van der Waals surface area contributed by atoms with E-state index in [1.807, 2.05) is 38.6 Å². The molecule has 130 valence electrons. The van der Waals surface area contributed by atoms with E-state index in [2.05, 4.69) is 11.9 Å². The van der Waals surface area contributed by atoms with E-state index in [1.165, 1.54) is 0 Å². The smallest absolute Gasteiger partial charge is 0.410 e. The van der Waals surface area contributed by atoms with Crippen LogP contribution in [-0.2, 0) is 23.1 Å². The lowest BCUT2D eigenvalue weighted by molar-refractivity contribution is -0.104. The molecule has 23 heavy (non-hydrogen) atoms. The molecule has 0 spiro atoms. The molecule has 0 bridgehead atoms. The van der Waals surface area contributed by atoms with Crippen molar-refractivity contribution in [3.05, 3.63) is 18.2 Å². The molecule has 0 radical (unpaired) electrons. The summed E-state index contributed by atoms with van der Waals surface area (Å²) in [6.07, 6.45) is 6.16. The fourth-order valence-corrected chi connectivity index (χ4v) is 2.84. The van der Waals surface area contributed by atoms with Gasteiger partial charge in [0.25, 0.3) is 0 Å². The van der Waals surface area contributed by atoms with Crippen LogP contribution in [0.15, 0.2) is 12.4 Å². The summed E-state index contributed by atoms with van der Waals surface area (Å²) in [5.41, 5.74) is -0.793. The highest BCUT2D eigenvalue weighted by Crippen LogP contribution is 2.30. The molecule has 1 amide bonds. The third kappa shape index (κ3) is 4.70. The number of hydrogen-bond donors (Lipinski definition) is 0. The Morgan fingerprint density at radius 3 is 2.74 bits per heavy atom. The van der Waals surface area contributed by atoms with Crippen LogP contribution < -0.4 is 0 Å². The predicted molar refractivity (Wildman–Crippen MR) is 88.1 cm³/mol. The van der Waals surface area contributed by atoms with E-state index in [0.717, 1.165) is 31.6 Å². The van der Waals surface area contributed by atoms with Gasteiger partial charge in [-0.05, 0) is 40.0 Å². The highest BCUT2D eigenvalue weighted by Gasteiger charge is 2.38. The van der Waals surface area contributed by atoms with Crippen molar-refractivity contribution in [2.45, 2.75) is 64.8 Å². The number of carbonyl (C=O) groups excluding carboxylic acids is 1. The minimum atomic E-state index is -0.475. The molecule has 1 aromatic rings. The second-order valence-electron chi connectivity index (χ2n) is 7.29. The number of ether oxygens (including phenoxy) is 2. The normalized spacial score (nSPS) is 22.2. The van der Waals surface area contributed by atoms with Crippen LogP contribution in [0, 0.1) is 0 Å². The predicted octanol–water partition coefficient (Wildman–Crippen LogP) is 3.12. The minimum Gasteiger partial charge on any atom is -0.444 e. The molecule has 0 saturated carbocycles. The molecule has 1 aromatic heterocycles. The van der Waals surface area contributed by atoms with E-state index in [4.69, 9.17) is 9.47 Å². The lowest BCUT2D eigenvalue weighted by Gasteiger charge is -2.42. The van der Waals surface area contributed by atoms with Gasteiger partial charge in [-0.15, -0.1) is 0 Å². The Balaban J connectivity index is 2.00. The monoisotopic (exact) mass is 323 g/mol. The highest BCUT2D eigenvalue weighted by atomic mass is 16.6. The van der Waals surface area contributed by atoms with Crippen molar-refractivity contribution in [3.63, 3.8) is 0 Å². The summed E-state index contributed by atoms with van der Waals surface area (Å²) in [6.45, 7) is 9.53. The number of aromatic nitrogens is 2. The lowest BCUT2D eigenvalue weighted by atomic mass is 9.90. The Morgan fingerprint density at radius 1 is 1.43 bits per heavy atom. The van der Waals surface area contributed by atoms with Gasteiger partial charge in [-0.25, -0.2) is 9.78 Å². The van der Waals surface area contributed by atoms with E-state index in [0.29, 0.717) is 13.2 Å². The van der Waals surface area contributed by atoms with Crippen LogP contribution >= 0.6 is 0 Å². The molecule has 1 fully saturated rings. The second-order valence-corrected chi connectivity index (χ2v) is 7.29. The van der Waals surface area contributed by atoms with Gasteiger partial charge < -0.3 is 18.9 Å². The molecule has 0 aliphatic carbocycles. The highest BCUT2D eigenvalue weighted by molar-refractivity contribution is 5.68. The number of piperidine rings is 1. The Hall–Kier alpha value is -1.56. The molecule has 1 unspecified atom stereocenters. The first kappa shape index (κ1) is 17.8. The molecule has 1 aliphatic rings. The Kier molecular flexibility index (Phi) is 5.34. The van der Waals surface area contributed by atoms with Crippen LogP contribution in [0.25, 0.3) is 0 Å². The molecule has 6 nitrogen and oxygen atoms in total. The maximum absolute atomic E-state index is 12.3. The second kappa shape index (κ2) is 6.91. The summed E-state index contributed by atoms with van der Waals surface area (Å²) in [4.78, 5) is 18.4. The first-order chi connectivity index (χ1) is 10.7. The van der Waals surface area contributed by atoms with Crippen molar-refractivity contribution in [2.24, 2.45) is 7.05 Å². The molecule has 0 N–H and O–H groups in total. The zero-order valence-corrected chi connectivity index (χ0v) is 15.0. The van der Waals surface area contributed by atoms with Gasteiger partial charge in [0.05, 0.1) is 12.1 Å². The van der Waals surface area contributed by atoms with Crippen molar-refractivity contribution < 1.29 is 14.3 Å². The minimum absolute atomic E-state index is 0.254. The summed E-state index contributed by atoms with van der Waals surface area (Å²) < 4.78 is 13.7. The topological polar surface area (TPSA) is 56.6 Å². The largest absolute Gasteiger partial charge is 0.444 e. The Bertz CT molecular complexity index is 535. The SMILES string of the molecule is CCC1(OCc2nccn2C)CCCN(C(=O)OC(C)(C)C)C1. The molecule has 2 rings (SSSR count). The average molecular weight is 323 g/mol. The Labute approximate surface area is 138 Å². The van der Waals surface area contributed by atoms with Gasteiger partial charge in [-0.3, -0.25) is 0 Å². The van der Waals surface area contributed by atoms with Crippen LogP contribution in [0.5, 0.6) is 0 Å². The van der Waals surface area contributed by atoms with Gasteiger partial charge in [-0.2, -0.15) is 0 Å². The molecule has 1 atom stereocenters. The first-order valence-electron chi connectivity index (χ1n) is 8.33. The number of hydrogen-bond acceptors (Lipinski definition) is 4. The van der Waals surface area contributed by atoms with Gasteiger partial charge >= 0.3 is 6.09 Å². The number of rotatable bonds is 4. The van der Waals surface area contributed by atoms with E-state index < -0.39 is 5.60 Å². The van der Waals surface area contributed by atoms with Crippen LogP contribution in [-0.4, -0.2) is 44.8 Å². The van der Waals surface area contributed by atoms with Gasteiger partial charge in [0.1, 0.15) is 18.0 Å². The molecule has 6 heteroatoms. The summed E-state index contributed by atoms with van der Waals surface area (Å²) in [7, 11) is 1.96. The summed E-state index contributed by atoms with van der Waals surface area (Å²) >= 11 is 0. The first-order valence-corrected chi connectivity index (χ1v) is 8.33. The van der Waals surface area contributed by atoms with Gasteiger partial charge in [-0.1, -0.05) is 6.92 Å². The fourth-order valence-electron chi connectivity index (χ4n) is 2.84. The van der Waals surface area contributed by atoms with E-state index in [9.17, 15) is 4.79 Å². The molecule has 1 saturated heterocycles. The van der Waals surface area contributed by atoms with Crippen molar-refractivity contribution in [3.8, 4) is 0 Å². The molecule has 0 aromatic carbocycles. The third-order valence-electron chi connectivity index (χ3n) is 4.26. The van der Waals surface area contributed by atoms with Crippen molar-refractivity contribution in [1.29, 1.82) is 0 Å². The number of amides is 1. The van der Waals surface area contributed by atoms with E-state index in [-0.39, 0.29) is 11.7 Å². The lowest BCUT2D eigenvalue weighted by Crippen LogP contribution is -2.52. The third-order valence-corrected chi connectivity index (χ3v) is 4.26. The molecular formula is C17H29N3O3. The van der Waals surface area contributed by atoms with Crippen LogP contribution in [0.3, 0.4) is 0 Å². The number of aryl methyl sites for hydroxylation is 1. The van der Waals surface area contributed by atoms with E-state index >= 15 is 0 Å². The van der Waals surface area contributed by atoms with Crippen LogP contribution in [0.1, 0.15) is 52.8 Å². The summed E-state index contributed by atoms with van der Waals surface area (Å²) in [5.74, 6) is 0.896. The zero-order chi connectivity index (χ0) is 17.1. The maximum Gasteiger partial charge on any atom is 0.410 e. The molecule has 2 heterocycles. The quantitative estimate of drug-likeness (QED) is 0.854. The van der Waals surface area contributed by atoms with Gasteiger partial charge in [0.2, 0.25) is 0 Å². The van der Waals surface area contributed by atoms with Gasteiger partial charge in [0.15, 0.2) is 0 Å². The number of carbonyl (C=O) groups is 1. The van der Waals surface area contributed by atoms with Crippen LogP contribution in [0.2, 0.25) is 0 Å². The zero-order valence-electron chi connectivity index (χ0n) is 15.0.